The number of methoxy groups -OCH3 is 1. The Balaban J connectivity index is 1.41. The van der Waals surface area contributed by atoms with Crippen molar-refractivity contribution in [2.45, 2.75) is 0 Å². The average molecular weight is 687 g/mol. The molecule has 5 aromatic rings. The number of esters is 1. The molecule has 42 heavy (non-hydrogen) atoms. The maximum absolute atomic E-state index is 12.5. The molecule has 0 saturated carbocycles. The van der Waals surface area contributed by atoms with Crippen molar-refractivity contribution in [3.05, 3.63) is 123 Å². The molecule has 0 bridgehead atoms. The van der Waals surface area contributed by atoms with Crippen molar-refractivity contribution in [2.75, 3.05) is 20.3 Å². The zero-order valence-corrected chi connectivity index (χ0v) is 25.8. The third-order valence-corrected chi connectivity index (χ3v) is 7.84. The van der Waals surface area contributed by atoms with Crippen LogP contribution in [0, 0.1) is 0 Å². The van der Waals surface area contributed by atoms with Crippen LogP contribution in [-0.2, 0) is 14.3 Å². The van der Waals surface area contributed by atoms with E-state index in [9.17, 15) is 4.79 Å². The van der Waals surface area contributed by atoms with Crippen LogP contribution >= 0.6 is 31.9 Å². The highest BCUT2D eigenvalue weighted by atomic mass is 79.9. The van der Waals surface area contributed by atoms with Gasteiger partial charge in [0.1, 0.15) is 12.4 Å². The predicted octanol–water partition coefficient (Wildman–Crippen LogP) is 8.57. The first kappa shape index (κ1) is 28.0. The van der Waals surface area contributed by atoms with E-state index in [4.69, 9.17) is 14.3 Å². The number of ether oxygens (including phenoxy) is 2. The van der Waals surface area contributed by atoms with Gasteiger partial charge in [-0.1, -0.05) is 64.5 Å². The normalized spacial score (nSPS) is 15.4. The number of hydrogen-bond acceptors (Lipinski definition) is 5. The first-order valence-electron chi connectivity index (χ1n) is 13.1. The van der Waals surface area contributed by atoms with E-state index in [1.807, 2.05) is 24.3 Å². The zero-order chi connectivity index (χ0) is 29.2. The van der Waals surface area contributed by atoms with Gasteiger partial charge in [0, 0.05) is 25.4 Å². The minimum Gasteiger partial charge on any atom is -0.465 e. The van der Waals surface area contributed by atoms with Gasteiger partial charge in [-0.15, -0.1) is 6.58 Å². The van der Waals surface area contributed by atoms with E-state index in [0.29, 0.717) is 26.9 Å². The van der Waals surface area contributed by atoms with Crippen molar-refractivity contribution in [1.29, 1.82) is 0 Å². The third kappa shape index (κ3) is 5.38. The average Bonchev–Trinajstić information content (AvgIpc) is 3.33. The van der Waals surface area contributed by atoms with Gasteiger partial charge in [-0.05, 0) is 70.0 Å². The highest BCUT2D eigenvalue weighted by Crippen LogP contribution is 2.36. The van der Waals surface area contributed by atoms with Gasteiger partial charge >= 0.3 is 12.0 Å². The number of benzene rings is 4. The molecule has 0 N–H and O–H groups in total. The number of rotatable bonds is 6. The molecule has 2 heterocycles. The lowest BCUT2D eigenvalue weighted by Gasteiger charge is -2.29. The first-order chi connectivity index (χ1) is 20.5. The molecule has 6 rings (SSSR count). The fourth-order valence-electron chi connectivity index (χ4n) is 4.95. The van der Waals surface area contributed by atoms with Gasteiger partial charge in [-0.3, -0.25) is 4.84 Å². The van der Waals surface area contributed by atoms with Gasteiger partial charge in [0.2, 0.25) is 0 Å². The largest absolute Gasteiger partial charge is 0.465 e. The number of fused-ring (bicyclic) bond motifs is 3. The second-order valence-electron chi connectivity index (χ2n) is 9.47. The highest BCUT2D eigenvalue weighted by molar-refractivity contribution is 9.11. The summed E-state index contributed by atoms with van der Waals surface area (Å²) in [6, 6.07) is 28.7. The molecule has 0 atom stereocenters. The molecule has 0 unspecified atom stereocenters. The van der Waals surface area contributed by atoms with Crippen LogP contribution in [0.3, 0.4) is 0 Å². The number of nitrogens with zero attached hydrogens (tertiary/aromatic N) is 3. The minimum atomic E-state index is -0.526. The van der Waals surface area contributed by atoms with Crippen molar-refractivity contribution in [3.63, 3.8) is 0 Å². The summed E-state index contributed by atoms with van der Waals surface area (Å²) in [4.78, 5) is 23.2. The van der Waals surface area contributed by atoms with Gasteiger partial charge in [0.05, 0.1) is 35.9 Å². The number of hydroxylamine groups is 2. The van der Waals surface area contributed by atoms with E-state index in [-0.39, 0.29) is 18.2 Å². The summed E-state index contributed by atoms with van der Waals surface area (Å²) in [6.07, 6.45) is 3.62. The molecule has 9 heteroatoms. The molecule has 7 nitrogen and oxygen atoms in total. The van der Waals surface area contributed by atoms with E-state index in [1.165, 1.54) is 12.2 Å². The minimum absolute atomic E-state index is 0.169. The summed E-state index contributed by atoms with van der Waals surface area (Å²) in [5.74, 6) is 0.0372. The Morgan fingerprint density at radius 1 is 1.00 bits per heavy atom. The summed E-state index contributed by atoms with van der Waals surface area (Å²) in [6.45, 7) is 4.34. The van der Waals surface area contributed by atoms with E-state index in [1.54, 1.807) is 18.2 Å². The van der Waals surface area contributed by atoms with Gasteiger partial charge in [0.15, 0.2) is 0 Å². The van der Waals surface area contributed by atoms with Crippen LogP contribution in [0.15, 0.2) is 117 Å². The first-order valence-corrected chi connectivity index (χ1v) is 14.7. The number of amidine groups is 1. The van der Waals surface area contributed by atoms with E-state index in [0.717, 1.165) is 33.1 Å². The number of hydrogen-bond donors (Lipinski definition) is 0. The highest BCUT2D eigenvalue weighted by Gasteiger charge is 2.25. The maximum atomic E-state index is 12.5. The Kier molecular flexibility index (Phi) is 7.97. The fraction of sp³-hybridized carbons (Fsp3) is 0.0909. The summed E-state index contributed by atoms with van der Waals surface area (Å²) < 4.78 is 14.8. The Hall–Kier alpha value is -4.18. The smallest absolute Gasteiger partial charge is 0.340 e. The standard InChI is InChI=1S/C33H25Br2N3O4/c1-3-15-37-33(36-31-27(32(39)40-2)18-22(34)19-28(31)35)42-24(20-41-37)16-21-13-14-30-26(17-21)25-11-7-8-12-29(25)38(30)23-9-5-4-6-10-23/h3-14,16-19H,1,15,20H2,2H3/b24-16+,36-33?. The van der Waals surface area contributed by atoms with E-state index in [2.05, 4.69) is 103 Å². The van der Waals surface area contributed by atoms with Crippen LogP contribution < -0.4 is 0 Å². The van der Waals surface area contributed by atoms with E-state index < -0.39 is 5.97 Å². The number of carbonyl (C=O) groups is 1. The van der Waals surface area contributed by atoms with Gasteiger partial charge in [0.25, 0.3) is 0 Å². The zero-order valence-electron chi connectivity index (χ0n) is 22.6. The molecule has 210 valence electrons. The quantitative estimate of drug-likeness (QED) is 0.132. The second-order valence-corrected chi connectivity index (χ2v) is 11.2. The lowest BCUT2D eigenvalue weighted by Crippen LogP contribution is -2.38. The van der Waals surface area contributed by atoms with Gasteiger partial charge < -0.3 is 14.0 Å². The number of carbonyl (C=O) groups excluding carboxylic acids is 1. The molecule has 1 aliphatic heterocycles. The number of aliphatic imine (C=N–C) groups is 1. The van der Waals surface area contributed by atoms with Crippen LogP contribution in [0.25, 0.3) is 33.6 Å². The fourth-order valence-corrected chi connectivity index (χ4v) is 6.27. The molecular weight excluding hydrogens is 662 g/mol. The van der Waals surface area contributed by atoms with Crippen molar-refractivity contribution < 1.29 is 19.1 Å². The molecular formula is C33H25Br2N3O4. The topological polar surface area (TPSA) is 65.3 Å². The molecule has 0 spiro atoms. The third-order valence-electron chi connectivity index (χ3n) is 6.77. The predicted molar refractivity (Wildman–Crippen MR) is 173 cm³/mol. The molecule has 0 amide bonds. The Morgan fingerprint density at radius 2 is 1.76 bits per heavy atom. The van der Waals surface area contributed by atoms with Gasteiger partial charge in [-0.25, -0.2) is 9.86 Å². The molecule has 4 aromatic carbocycles. The lowest BCUT2D eigenvalue weighted by molar-refractivity contribution is -0.126. The van der Waals surface area contributed by atoms with Crippen LogP contribution in [-0.4, -0.2) is 41.9 Å². The Bertz CT molecular complexity index is 1900. The van der Waals surface area contributed by atoms with Crippen LogP contribution in [0.4, 0.5) is 5.69 Å². The van der Waals surface area contributed by atoms with Crippen molar-refractivity contribution >= 4 is 77.4 Å². The Labute approximate surface area is 259 Å². The van der Waals surface area contributed by atoms with E-state index >= 15 is 0 Å². The number of halogens is 2. The van der Waals surface area contributed by atoms with Gasteiger partial charge in [-0.2, -0.15) is 4.99 Å². The van der Waals surface area contributed by atoms with Crippen molar-refractivity contribution in [3.8, 4) is 5.69 Å². The van der Waals surface area contributed by atoms with Crippen molar-refractivity contribution in [2.24, 2.45) is 4.99 Å². The van der Waals surface area contributed by atoms with Crippen LogP contribution in [0.2, 0.25) is 0 Å². The Morgan fingerprint density at radius 3 is 2.55 bits per heavy atom. The SMILES string of the molecule is C=CCN1OC/C(=C\c2ccc3c(c2)c2ccccc2n3-c2ccccc2)OC1=Nc1c(Br)cc(Br)cc1C(=O)OC. The molecule has 1 aromatic heterocycles. The monoisotopic (exact) mass is 685 g/mol. The molecule has 1 aliphatic rings. The molecule has 1 fully saturated rings. The van der Waals surface area contributed by atoms with Crippen molar-refractivity contribution in [1.82, 2.24) is 9.63 Å². The molecule has 1 saturated heterocycles. The second kappa shape index (κ2) is 12.0. The summed E-state index contributed by atoms with van der Waals surface area (Å²) in [5, 5.41) is 3.78. The summed E-state index contributed by atoms with van der Waals surface area (Å²) in [5.41, 5.74) is 4.93. The van der Waals surface area contributed by atoms with Crippen LogP contribution in [0.1, 0.15) is 15.9 Å². The molecule has 0 aliphatic carbocycles. The van der Waals surface area contributed by atoms with Crippen LogP contribution in [0.5, 0.6) is 0 Å². The summed E-state index contributed by atoms with van der Waals surface area (Å²) in [7, 11) is 1.33. The number of para-hydroxylation sites is 2. The maximum Gasteiger partial charge on any atom is 0.340 e. The lowest BCUT2D eigenvalue weighted by atomic mass is 10.1. The number of aromatic nitrogens is 1. The molecule has 0 radical (unpaired) electrons. The summed E-state index contributed by atoms with van der Waals surface area (Å²) >= 11 is 6.94.